The predicted octanol–water partition coefficient (Wildman–Crippen LogP) is 0.439. The minimum absolute atomic E-state index is 0.0188. The molecule has 0 heterocycles. The highest BCUT2D eigenvalue weighted by Crippen LogP contribution is 2.16. The van der Waals surface area contributed by atoms with E-state index in [9.17, 15) is 14.9 Å². The fourth-order valence-electron chi connectivity index (χ4n) is 1.19. The summed E-state index contributed by atoms with van der Waals surface area (Å²) in [5.41, 5.74) is 5.26. The van der Waals surface area contributed by atoms with Gasteiger partial charge in [-0.2, -0.15) is 0 Å². The fourth-order valence-corrected chi connectivity index (χ4v) is 1.19. The molecule has 1 rings (SSSR count). The quantitative estimate of drug-likeness (QED) is 0.416. The van der Waals surface area contributed by atoms with Crippen molar-refractivity contribution in [3.8, 4) is 5.75 Å². The second-order valence-corrected chi connectivity index (χ2v) is 3.53. The first kappa shape index (κ1) is 13.9. The number of nitrogens with one attached hydrogen (secondary N) is 1. The Bertz CT molecular complexity index is 405. The van der Waals surface area contributed by atoms with E-state index < -0.39 is 4.92 Å². The molecule has 7 heteroatoms. The lowest BCUT2D eigenvalue weighted by Crippen LogP contribution is -2.30. The van der Waals surface area contributed by atoms with Crippen LogP contribution in [0, 0.1) is 10.1 Å². The highest BCUT2D eigenvalue weighted by atomic mass is 16.6. The van der Waals surface area contributed by atoms with Crippen LogP contribution in [0.2, 0.25) is 0 Å². The van der Waals surface area contributed by atoms with Crippen molar-refractivity contribution in [1.29, 1.82) is 0 Å². The summed E-state index contributed by atoms with van der Waals surface area (Å²) in [4.78, 5) is 21.2. The molecule has 0 aromatic heterocycles. The van der Waals surface area contributed by atoms with Crippen molar-refractivity contribution in [3.05, 3.63) is 34.4 Å². The molecule has 98 valence electrons. The molecular formula is C11H15N3O4. The molecule has 0 saturated carbocycles. The first-order valence-corrected chi connectivity index (χ1v) is 5.47. The Balaban J connectivity index is 2.34. The molecule has 0 aliphatic carbocycles. The Morgan fingerprint density at radius 2 is 2.06 bits per heavy atom. The SMILES string of the molecule is NCCCNC(=O)COc1ccc([N+](=O)[O-])cc1. The van der Waals surface area contributed by atoms with Crippen molar-refractivity contribution in [1.82, 2.24) is 5.32 Å². The number of hydrogen-bond acceptors (Lipinski definition) is 5. The van der Waals surface area contributed by atoms with Gasteiger partial charge in [0.05, 0.1) is 4.92 Å². The number of benzene rings is 1. The highest BCUT2D eigenvalue weighted by Gasteiger charge is 2.06. The van der Waals surface area contributed by atoms with Crippen LogP contribution in [-0.2, 0) is 4.79 Å². The van der Waals surface area contributed by atoms with Gasteiger partial charge in [-0.05, 0) is 25.1 Å². The molecule has 0 unspecified atom stereocenters. The molecule has 0 bridgehead atoms. The topological polar surface area (TPSA) is 107 Å². The lowest BCUT2D eigenvalue weighted by atomic mass is 10.3. The van der Waals surface area contributed by atoms with E-state index in [4.69, 9.17) is 10.5 Å². The number of nitro groups is 1. The number of carbonyl (C=O) groups is 1. The molecular weight excluding hydrogens is 238 g/mol. The van der Waals surface area contributed by atoms with Gasteiger partial charge in [0.1, 0.15) is 5.75 Å². The fraction of sp³-hybridized carbons (Fsp3) is 0.364. The molecule has 1 aromatic carbocycles. The summed E-state index contributed by atoms with van der Waals surface area (Å²) in [5.74, 6) is 0.163. The van der Waals surface area contributed by atoms with Crippen molar-refractivity contribution in [2.75, 3.05) is 19.7 Å². The van der Waals surface area contributed by atoms with Gasteiger partial charge in [-0.25, -0.2) is 0 Å². The smallest absolute Gasteiger partial charge is 0.269 e. The van der Waals surface area contributed by atoms with Crippen LogP contribution >= 0.6 is 0 Å². The minimum Gasteiger partial charge on any atom is -0.484 e. The molecule has 18 heavy (non-hydrogen) atoms. The maximum Gasteiger partial charge on any atom is 0.269 e. The first-order chi connectivity index (χ1) is 8.63. The standard InChI is InChI=1S/C11H15N3O4/c12-6-1-7-13-11(15)8-18-10-4-2-9(3-5-10)14(16)17/h2-5H,1,6-8,12H2,(H,13,15). The summed E-state index contributed by atoms with van der Waals surface area (Å²) in [7, 11) is 0. The monoisotopic (exact) mass is 253 g/mol. The van der Waals surface area contributed by atoms with Gasteiger partial charge in [0.2, 0.25) is 0 Å². The molecule has 1 aromatic rings. The van der Waals surface area contributed by atoms with Crippen LogP contribution in [0.1, 0.15) is 6.42 Å². The van der Waals surface area contributed by atoms with E-state index in [0.717, 1.165) is 0 Å². The van der Waals surface area contributed by atoms with Crippen molar-refractivity contribution in [3.63, 3.8) is 0 Å². The zero-order valence-corrected chi connectivity index (χ0v) is 9.80. The number of non-ortho nitro benzene ring substituents is 1. The number of nitro benzene ring substituents is 1. The number of nitrogens with two attached hydrogens (primary N) is 1. The maximum atomic E-state index is 11.3. The second kappa shape index (κ2) is 7.23. The van der Waals surface area contributed by atoms with Gasteiger partial charge < -0.3 is 15.8 Å². The highest BCUT2D eigenvalue weighted by molar-refractivity contribution is 5.77. The molecule has 0 aliphatic rings. The molecule has 0 atom stereocenters. The number of rotatable bonds is 7. The average Bonchev–Trinajstić information content (AvgIpc) is 2.37. The minimum atomic E-state index is -0.497. The molecule has 0 radical (unpaired) electrons. The van der Waals surface area contributed by atoms with Crippen molar-refractivity contribution < 1.29 is 14.5 Å². The van der Waals surface area contributed by atoms with Crippen molar-refractivity contribution in [2.45, 2.75) is 6.42 Å². The first-order valence-electron chi connectivity index (χ1n) is 5.47. The van der Waals surface area contributed by atoms with Gasteiger partial charge in [-0.15, -0.1) is 0 Å². The Kier molecular flexibility index (Phi) is 5.59. The third kappa shape index (κ3) is 4.79. The van der Waals surface area contributed by atoms with E-state index in [1.165, 1.54) is 24.3 Å². The van der Waals surface area contributed by atoms with Crippen LogP contribution in [0.4, 0.5) is 5.69 Å². The molecule has 7 nitrogen and oxygen atoms in total. The second-order valence-electron chi connectivity index (χ2n) is 3.53. The average molecular weight is 253 g/mol. The lowest BCUT2D eigenvalue weighted by molar-refractivity contribution is -0.384. The Morgan fingerprint density at radius 3 is 2.61 bits per heavy atom. The summed E-state index contributed by atoms with van der Waals surface area (Å²) < 4.78 is 5.17. The van der Waals surface area contributed by atoms with Crippen molar-refractivity contribution in [2.24, 2.45) is 5.73 Å². The van der Waals surface area contributed by atoms with E-state index in [1.807, 2.05) is 0 Å². The lowest BCUT2D eigenvalue weighted by Gasteiger charge is -2.06. The molecule has 0 saturated heterocycles. The number of hydrogen-bond donors (Lipinski definition) is 2. The molecule has 1 amide bonds. The zero-order chi connectivity index (χ0) is 13.4. The number of nitrogens with zero attached hydrogens (tertiary/aromatic N) is 1. The number of amides is 1. The van der Waals surface area contributed by atoms with Gasteiger partial charge in [0.25, 0.3) is 11.6 Å². The Hall–Kier alpha value is -2.15. The van der Waals surface area contributed by atoms with Gasteiger partial charge >= 0.3 is 0 Å². The maximum absolute atomic E-state index is 11.3. The third-order valence-electron chi connectivity index (χ3n) is 2.12. The van der Waals surface area contributed by atoms with Crippen LogP contribution in [0.3, 0.4) is 0 Å². The van der Waals surface area contributed by atoms with Crippen molar-refractivity contribution >= 4 is 11.6 Å². The Morgan fingerprint density at radius 1 is 1.39 bits per heavy atom. The Labute approximate surface area is 104 Å². The predicted molar refractivity (Wildman–Crippen MR) is 65.3 cm³/mol. The van der Waals surface area contributed by atoms with Gasteiger partial charge in [0, 0.05) is 18.7 Å². The largest absolute Gasteiger partial charge is 0.484 e. The van der Waals surface area contributed by atoms with E-state index in [0.29, 0.717) is 25.3 Å². The molecule has 0 fully saturated rings. The third-order valence-corrected chi connectivity index (χ3v) is 2.12. The van der Waals surface area contributed by atoms with Crippen LogP contribution in [0.15, 0.2) is 24.3 Å². The summed E-state index contributed by atoms with van der Waals surface area (Å²) in [6, 6.07) is 5.54. The van der Waals surface area contributed by atoms with Gasteiger partial charge in [-0.1, -0.05) is 0 Å². The summed E-state index contributed by atoms with van der Waals surface area (Å²) >= 11 is 0. The molecule has 0 aliphatic heterocycles. The van der Waals surface area contributed by atoms with Crippen LogP contribution < -0.4 is 15.8 Å². The van der Waals surface area contributed by atoms with E-state index in [-0.39, 0.29) is 18.2 Å². The van der Waals surface area contributed by atoms with Crippen LogP contribution in [-0.4, -0.2) is 30.5 Å². The van der Waals surface area contributed by atoms with Crippen LogP contribution in [0.25, 0.3) is 0 Å². The summed E-state index contributed by atoms with van der Waals surface area (Å²) in [6.07, 6.45) is 0.712. The summed E-state index contributed by atoms with van der Waals surface area (Å²) in [6.45, 7) is 0.908. The number of ether oxygens (including phenoxy) is 1. The van der Waals surface area contributed by atoms with Gasteiger partial charge in [0.15, 0.2) is 6.61 Å². The molecule has 0 spiro atoms. The normalized spacial score (nSPS) is 9.83. The van der Waals surface area contributed by atoms with Crippen LogP contribution in [0.5, 0.6) is 5.75 Å². The van der Waals surface area contributed by atoms with E-state index in [1.54, 1.807) is 0 Å². The van der Waals surface area contributed by atoms with E-state index in [2.05, 4.69) is 5.32 Å². The van der Waals surface area contributed by atoms with Gasteiger partial charge in [-0.3, -0.25) is 14.9 Å². The zero-order valence-electron chi connectivity index (χ0n) is 9.80. The van der Waals surface area contributed by atoms with E-state index >= 15 is 0 Å². The molecule has 3 N–H and O–H groups in total. The number of carbonyl (C=O) groups excluding carboxylic acids is 1. The summed E-state index contributed by atoms with van der Waals surface area (Å²) in [5, 5.41) is 13.0.